The third-order valence-electron chi connectivity index (χ3n) is 4.67. The molecule has 0 fully saturated rings. The monoisotopic (exact) mass is 364 g/mol. The van der Waals surface area contributed by atoms with E-state index in [1.165, 1.54) is 0 Å². The molecule has 0 atom stereocenters. The Morgan fingerprint density at radius 2 is 1.85 bits per heavy atom. The number of carbonyl (C=O) groups excluding carboxylic acids is 1. The van der Waals surface area contributed by atoms with Crippen LogP contribution in [0.1, 0.15) is 28.7 Å². The van der Waals surface area contributed by atoms with Crippen molar-refractivity contribution in [2.75, 3.05) is 7.11 Å². The maximum atomic E-state index is 12.3. The van der Waals surface area contributed by atoms with Crippen LogP contribution in [0.3, 0.4) is 0 Å². The SMILES string of the molecule is COc1ccc(CCC(=O)NCc2cc3c(C)cc(C)cc3[nH]c2=O)cc1. The molecule has 0 aliphatic heterocycles. The third-order valence-corrected chi connectivity index (χ3v) is 4.67. The Labute approximate surface area is 158 Å². The van der Waals surface area contributed by atoms with Crippen LogP contribution in [0.25, 0.3) is 10.9 Å². The first-order valence-corrected chi connectivity index (χ1v) is 8.99. The Kier molecular flexibility index (Phi) is 5.60. The first kappa shape index (κ1) is 18.7. The van der Waals surface area contributed by atoms with E-state index in [9.17, 15) is 9.59 Å². The van der Waals surface area contributed by atoms with Crippen molar-refractivity contribution in [2.24, 2.45) is 0 Å². The van der Waals surface area contributed by atoms with Crippen molar-refractivity contribution in [2.45, 2.75) is 33.2 Å². The fraction of sp³-hybridized carbons (Fsp3) is 0.273. The van der Waals surface area contributed by atoms with Crippen LogP contribution in [-0.4, -0.2) is 18.0 Å². The zero-order chi connectivity index (χ0) is 19.4. The number of fused-ring (bicyclic) bond motifs is 1. The predicted octanol–water partition coefficient (Wildman–Crippen LogP) is 3.40. The van der Waals surface area contributed by atoms with Crippen molar-refractivity contribution in [3.05, 3.63) is 75.1 Å². The number of carbonyl (C=O) groups is 1. The Hall–Kier alpha value is -3.08. The second-order valence-corrected chi connectivity index (χ2v) is 6.79. The average molecular weight is 364 g/mol. The molecule has 0 saturated heterocycles. The summed E-state index contributed by atoms with van der Waals surface area (Å²) in [5, 5.41) is 3.85. The van der Waals surface area contributed by atoms with Crippen LogP contribution in [-0.2, 0) is 17.8 Å². The zero-order valence-electron chi connectivity index (χ0n) is 15.9. The molecule has 27 heavy (non-hydrogen) atoms. The van der Waals surface area contributed by atoms with Crippen LogP contribution in [0.2, 0.25) is 0 Å². The van der Waals surface area contributed by atoms with Crippen molar-refractivity contribution in [3.63, 3.8) is 0 Å². The fourth-order valence-corrected chi connectivity index (χ4v) is 3.18. The molecule has 1 heterocycles. The Bertz CT molecular complexity index is 1020. The van der Waals surface area contributed by atoms with Crippen molar-refractivity contribution in [1.82, 2.24) is 10.3 Å². The highest BCUT2D eigenvalue weighted by Crippen LogP contribution is 2.18. The van der Waals surface area contributed by atoms with E-state index in [-0.39, 0.29) is 18.0 Å². The second-order valence-electron chi connectivity index (χ2n) is 6.79. The predicted molar refractivity (Wildman–Crippen MR) is 107 cm³/mol. The van der Waals surface area contributed by atoms with Gasteiger partial charge in [0.1, 0.15) is 5.75 Å². The van der Waals surface area contributed by atoms with Gasteiger partial charge in [-0.2, -0.15) is 0 Å². The number of rotatable bonds is 6. The van der Waals surface area contributed by atoms with Gasteiger partial charge in [-0.25, -0.2) is 0 Å². The molecule has 0 bridgehead atoms. The number of aromatic amines is 1. The molecule has 1 aromatic heterocycles. The van der Waals surface area contributed by atoms with Crippen LogP contribution in [0.5, 0.6) is 5.75 Å². The lowest BCUT2D eigenvalue weighted by Crippen LogP contribution is -2.27. The van der Waals surface area contributed by atoms with E-state index in [1.807, 2.05) is 50.2 Å². The van der Waals surface area contributed by atoms with Crippen LogP contribution < -0.4 is 15.6 Å². The molecular formula is C22H24N2O3. The summed E-state index contributed by atoms with van der Waals surface area (Å²) in [4.78, 5) is 27.4. The van der Waals surface area contributed by atoms with Crippen LogP contribution >= 0.6 is 0 Å². The molecular weight excluding hydrogens is 340 g/mol. The molecule has 140 valence electrons. The van der Waals surface area contributed by atoms with Gasteiger partial charge in [0.05, 0.1) is 7.11 Å². The first-order valence-electron chi connectivity index (χ1n) is 8.99. The molecule has 1 amide bonds. The lowest BCUT2D eigenvalue weighted by molar-refractivity contribution is -0.121. The molecule has 2 N–H and O–H groups in total. The molecule has 0 radical (unpaired) electrons. The highest BCUT2D eigenvalue weighted by atomic mass is 16.5. The second kappa shape index (κ2) is 8.08. The molecule has 3 rings (SSSR count). The summed E-state index contributed by atoms with van der Waals surface area (Å²) in [7, 11) is 1.62. The standard InChI is InChI=1S/C22H24N2O3/c1-14-10-15(2)19-12-17(22(26)24-20(19)11-14)13-23-21(25)9-6-16-4-7-18(27-3)8-5-16/h4-5,7-8,10-12H,6,9,13H2,1-3H3,(H,23,25)(H,24,26). The van der Waals surface area contributed by atoms with E-state index >= 15 is 0 Å². The summed E-state index contributed by atoms with van der Waals surface area (Å²) in [5.74, 6) is 0.718. The number of amides is 1. The topological polar surface area (TPSA) is 71.2 Å². The molecule has 2 aromatic carbocycles. The molecule has 5 nitrogen and oxygen atoms in total. The number of H-pyrrole nitrogens is 1. The van der Waals surface area contributed by atoms with E-state index in [2.05, 4.69) is 16.4 Å². The molecule has 3 aromatic rings. The van der Waals surface area contributed by atoms with Gasteiger partial charge in [-0.15, -0.1) is 0 Å². The third kappa shape index (κ3) is 4.56. The van der Waals surface area contributed by atoms with E-state index in [0.717, 1.165) is 33.3 Å². The number of nitrogens with one attached hydrogen (secondary N) is 2. The highest BCUT2D eigenvalue weighted by molar-refractivity contribution is 5.83. The smallest absolute Gasteiger partial charge is 0.253 e. The van der Waals surface area contributed by atoms with Gasteiger partial charge >= 0.3 is 0 Å². The lowest BCUT2D eigenvalue weighted by atomic mass is 10.0. The summed E-state index contributed by atoms with van der Waals surface area (Å²) >= 11 is 0. The van der Waals surface area contributed by atoms with Gasteiger partial charge in [0.2, 0.25) is 5.91 Å². The highest BCUT2D eigenvalue weighted by Gasteiger charge is 2.08. The lowest BCUT2D eigenvalue weighted by Gasteiger charge is -2.09. The van der Waals surface area contributed by atoms with Gasteiger partial charge in [0, 0.05) is 29.4 Å². The maximum absolute atomic E-state index is 12.3. The number of aryl methyl sites for hydroxylation is 3. The van der Waals surface area contributed by atoms with Gasteiger partial charge < -0.3 is 15.0 Å². The number of aromatic nitrogens is 1. The molecule has 0 aliphatic rings. The normalized spacial score (nSPS) is 10.8. The molecule has 0 aliphatic carbocycles. The van der Waals surface area contributed by atoms with Crippen molar-refractivity contribution in [3.8, 4) is 5.75 Å². The summed E-state index contributed by atoms with van der Waals surface area (Å²) < 4.78 is 5.13. The zero-order valence-corrected chi connectivity index (χ0v) is 15.9. The summed E-state index contributed by atoms with van der Waals surface area (Å²) in [6, 6.07) is 13.6. The molecule has 5 heteroatoms. The fourth-order valence-electron chi connectivity index (χ4n) is 3.18. The number of benzene rings is 2. The van der Waals surface area contributed by atoms with Gasteiger partial charge in [0.15, 0.2) is 0 Å². The Morgan fingerprint density at radius 1 is 1.11 bits per heavy atom. The quantitative estimate of drug-likeness (QED) is 0.704. The van der Waals surface area contributed by atoms with Crippen LogP contribution in [0.15, 0.2) is 47.3 Å². The van der Waals surface area contributed by atoms with E-state index in [1.54, 1.807) is 7.11 Å². The van der Waals surface area contributed by atoms with E-state index in [4.69, 9.17) is 4.74 Å². The summed E-state index contributed by atoms with van der Waals surface area (Å²) in [6.45, 7) is 4.24. The largest absolute Gasteiger partial charge is 0.497 e. The minimum absolute atomic E-state index is 0.0778. The van der Waals surface area contributed by atoms with Crippen molar-refractivity contribution < 1.29 is 9.53 Å². The van der Waals surface area contributed by atoms with E-state index in [0.29, 0.717) is 18.4 Å². The average Bonchev–Trinajstić information content (AvgIpc) is 2.65. The number of hydrogen-bond donors (Lipinski definition) is 2. The van der Waals surface area contributed by atoms with Crippen molar-refractivity contribution >= 4 is 16.8 Å². The number of methoxy groups -OCH3 is 1. The molecule has 0 unspecified atom stereocenters. The minimum atomic E-state index is -0.164. The summed E-state index contributed by atoms with van der Waals surface area (Å²) in [5.41, 5.74) is 4.51. The minimum Gasteiger partial charge on any atom is -0.497 e. The van der Waals surface area contributed by atoms with E-state index < -0.39 is 0 Å². The number of pyridine rings is 1. The van der Waals surface area contributed by atoms with Crippen LogP contribution in [0, 0.1) is 13.8 Å². The van der Waals surface area contributed by atoms with Gasteiger partial charge in [-0.05, 0) is 61.2 Å². The number of hydrogen-bond acceptors (Lipinski definition) is 3. The van der Waals surface area contributed by atoms with Gasteiger partial charge in [-0.1, -0.05) is 18.2 Å². The maximum Gasteiger partial charge on any atom is 0.253 e. The van der Waals surface area contributed by atoms with Gasteiger partial charge in [0.25, 0.3) is 5.56 Å². The van der Waals surface area contributed by atoms with Crippen molar-refractivity contribution in [1.29, 1.82) is 0 Å². The Balaban J connectivity index is 1.62. The Morgan fingerprint density at radius 3 is 2.56 bits per heavy atom. The summed E-state index contributed by atoms with van der Waals surface area (Å²) in [6.07, 6.45) is 1.01. The van der Waals surface area contributed by atoms with Gasteiger partial charge in [-0.3, -0.25) is 9.59 Å². The first-order chi connectivity index (χ1) is 13.0. The molecule has 0 saturated carbocycles. The number of ether oxygens (including phenoxy) is 1. The van der Waals surface area contributed by atoms with Crippen LogP contribution in [0.4, 0.5) is 0 Å². The molecule has 0 spiro atoms.